The topological polar surface area (TPSA) is 80.2 Å². The van der Waals surface area contributed by atoms with Gasteiger partial charge in [-0.05, 0) is 52.2 Å². The van der Waals surface area contributed by atoms with Crippen molar-refractivity contribution in [3.8, 4) is 0 Å². The lowest BCUT2D eigenvalue weighted by Crippen LogP contribution is -2.41. The van der Waals surface area contributed by atoms with Gasteiger partial charge in [-0.15, -0.1) is 6.58 Å². The van der Waals surface area contributed by atoms with Crippen molar-refractivity contribution in [2.75, 3.05) is 47.6 Å². The highest BCUT2D eigenvalue weighted by atomic mass is 35.5. The summed E-state index contributed by atoms with van der Waals surface area (Å²) in [6.07, 6.45) is 18.2. The molecule has 0 aromatic carbocycles. The number of hydrogen-bond acceptors (Lipinski definition) is 6. The maximum atomic E-state index is 12.9. The number of aliphatic hydroxyl groups excluding tert-OH is 1. The molecule has 2 atom stereocenters. The molecule has 2 unspecified atom stereocenters. The monoisotopic (exact) mass is 603 g/mol. The fourth-order valence-corrected chi connectivity index (χ4v) is 2.93. The fraction of sp³-hybridized carbons (Fsp3) is 0.533. The van der Waals surface area contributed by atoms with Crippen molar-refractivity contribution in [3.05, 3.63) is 72.3 Å². The van der Waals surface area contributed by atoms with Gasteiger partial charge in [0.1, 0.15) is 6.17 Å². The SMILES string of the molecule is C=CC(C=C/C=C/Cl)NC(=O)CC.CC.CN(C)CO.CNC1CCN(C/N=C/C=C/C=CC(F)/C=C/Cl)CC1. The zero-order valence-electron chi connectivity index (χ0n) is 25.1. The summed E-state index contributed by atoms with van der Waals surface area (Å²) in [7, 11) is 5.63. The Morgan fingerprint density at radius 1 is 1.10 bits per heavy atom. The second-order valence-electron chi connectivity index (χ2n) is 8.29. The number of hydrogen-bond donors (Lipinski definition) is 3. The zero-order chi connectivity index (χ0) is 31.0. The van der Waals surface area contributed by atoms with Crippen LogP contribution in [0.4, 0.5) is 4.39 Å². The molecule has 0 saturated carbocycles. The van der Waals surface area contributed by atoms with Crippen LogP contribution in [0.3, 0.4) is 0 Å². The Morgan fingerprint density at radius 2 is 1.70 bits per heavy atom. The van der Waals surface area contributed by atoms with Gasteiger partial charge in [0.15, 0.2) is 0 Å². The molecule has 230 valence electrons. The Morgan fingerprint density at radius 3 is 2.17 bits per heavy atom. The van der Waals surface area contributed by atoms with E-state index in [1.807, 2.05) is 20.9 Å². The van der Waals surface area contributed by atoms with E-state index in [0.717, 1.165) is 19.8 Å². The largest absolute Gasteiger partial charge is 0.381 e. The molecule has 0 radical (unpaired) electrons. The molecule has 0 bridgehead atoms. The highest BCUT2D eigenvalue weighted by Gasteiger charge is 2.16. The third kappa shape index (κ3) is 30.5. The zero-order valence-corrected chi connectivity index (χ0v) is 26.7. The number of aliphatic hydroxyl groups is 1. The van der Waals surface area contributed by atoms with Crippen LogP contribution in [0.25, 0.3) is 0 Å². The van der Waals surface area contributed by atoms with E-state index in [0.29, 0.717) is 12.5 Å². The predicted molar refractivity (Wildman–Crippen MR) is 174 cm³/mol. The van der Waals surface area contributed by atoms with Crippen LogP contribution < -0.4 is 10.6 Å². The first kappa shape index (κ1) is 42.4. The lowest BCUT2D eigenvalue weighted by molar-refractivity contribution is -0.120. The second-order valence-corrected chi connectivity index (χ2v) is 8.80. The highest BCUT2D eigenvalue weighted by molar-refractivity contribution is 6.25. The Hall–Kier alpha value is -2.07. The number of aliphatic imine (C=N–C) groups is 1. The summed E-state index contributed by atoms with van der Waals surface area (Å²) < 4.78 is 12.9. The molecule has 1 aliphatic rings. The highest BCUT2D eigenvalue weighted by Crippen LogP contribution is 2.09. The number of alkyl halides is 1. The molecule has 1 fully saturated rings. The second kappa shape index (κ2) is 33.1. The van der Waals surface area contributed by atoms with E-state index in [4.69, 9.17) is 28.3 Å². The molecule has 0 aromatic heterocycles. The molecule has 1 rings (SSSR count). The van der Waals surface area contributed by atoms with E-state index in [1.165, 1.54) is 36.1 Å². The van der Waals surface area contributed by atoms with Crippen LogP contribution in [0.2, 0.25) is 0 Å². The molecular formula is C30H52Cl2FN5O2. The van der Waals surface area contributed by atoms with Gasteiger partial charge in [-0.3, -0.25) is 19.6 Å². The summed E-state index contributed by atoms with van der Waals surface area (Å²) in [6.45, 7) is 12.4. The summed E-state index contributed by atoms with van der Waals surface area (Å²) in [5, 5.41) is 14.1. The Kier molecular flexibility index (Phi) is 35.1. The van der Waals surface area contributed by atoms with Gasteiger partial charge in [0.25, 0.3) is 0 Å². The quantitative estimate of drug-likeness (QED) is 0.107. The van der Waals surface area contributed by atoms with Crippen molar-refractivity contribution in [1.29, 1.82) is 0 Å². The van der Waals surface area contributed by atoms with E-state index in [9.17, 15) is 9.18 Å². The van der Waals surface area contributed by atoms with E-state index >= 15 is 0 Å². The van der Waals surface area contributed by atoms with Gasteiger partial charge < -0.3 is 15.7 Å². The first-order valence-electron chi connectivity index (χ1n) is 13.5. The van der Waals surface area contributed by atoms with Gasteiger partial charge in [0.05, 0.1) is 19.4 Å². The Bertz CT molecular complexity index is 763. The van der Waals surface area contributed by atoms with Crippen LogP contribution in [-0.2, 0) is 4.79 Å². The van der Waals surface area contributed by atoms with E-state index in [-0.39, 0.29) is 18.7 Å². The fourth-order valence-electron chi connectivity index (χ4n) is 2.70. The maximum absolute atomic E-state index is 12.9. The molecule has 1 saturated heterocycles. The van der Waals surface area contributed by atoms with Crippen LogP contribution in [-0.4, -0.2) is 92.9 Å². The molecule has 1 heterocycles. The van der Waals surface area contributed by atoms with Crippen LogP contribution in [0.1, 0.15) is 40.0 Å². The number of piperidine rings is 1. The Balaban J connectivity index is -0.000000586. The van der Waals surface area contributed by atoms with Gasteiger partial charge in [0.2, 0.25) is 5.91 Å². The number of amides is 1. The van der Waals surface area contributed by atoms with Gasteiger partial charge in [-0.25, -0.2) is 4.39 Å². The number of halogens is 3. The molecule has 0 spiro atoms. The summed E-state index contributed by atoms with van der Waals surface area (Å²) >= 11 is 10.6. The molecular weight excluding hydrogens is 552 g/mol. The number of allylic oxidation sites excluding steroid dienone is 7. The van der Waals surface area contributed by atoms with E-state index in [2.05, 4.69) is 27.1 Å². The van der Waals surface area contributed by atoms with Gasteiger partial charge >= 0.3 is 0 Å². The normalized spacial score (nSPS) is 16.2. The van der Waals surface area contributed by atoms with E-state index < -0.39 is 6.17 Å². The standard InChI is InChI=1S/C15H23ClFN3.C10H14ClNO.C3H9NO.C2H6/c1-18-15-7-11-20(12-8-15)13-19-10-4-2-3-5-14(17)6-9-16;1-3-9(7-5-6-8-11)12-10(13)4-2;1-4(2)3-5;1-2/h2-6,9-10,14-15,18H,7-8,11-13H2,1H3;3,5-9H,1,4H2,2H3,(H,12,13);5H,3H2,1-2H3;1-2H3/b4-2+,5-3?,9-6+,19-10+;7-5?,8-6+;;. The molecule has 0 aromatic rings. The van der Waals surface area contributed by atoms with Crippen molar-refractivity contribution in [2.45, 2.75) is 58.3 Å². The van der Waals surface area contributed by atoms with Crippen molar-refractivity contribution < 1.29 is 14.3 Å². The van der Waals surface area contributed by atoms with Gasteiger partial charge in [-0.2, -0.15) is 0 Å². The molecule has 7 nitrogen and oxygen atoms in total. The number of rotatable bonds is 13. The van der Waals surface area contributed by atoms with Gasteiger partial charge in [0, 0.05) is 42.8 Å². The number of carbonyl (C=O) groups excluding carboxylic acids is 1. The predicted octanol–water partition coefficient (Wildman–Crippen LogP) is 5.80. The first-order chi connectivity index (χ1) is 19.3. The summed E-state index contributed by atoms with van der Waals surface area (Å²) in [4.78, 5) is 19.3. The minimum Gasteiger partial charge on any atom is -0.381 e. The van der Waals surface area contributed by atoms with Crippen LogP contribution in [0.5, 0.6) is 0 Å². The third-order valence-electron chi connectivity index (χ3n) is 4.93. The summed E-state index contributed by atoms with van der Waals surface area (Å²) in [5.74, 6) is 0.00408. The average Bonchev–Trinajstić information content (AvgIpc) is 2.98. The summed E-state index contributed by atoms with van der Waals surface area (Å²) in [6, 6.07) is 0.524. The lowest BCUT2D eigenvalue weighted by Gasteiger charge is -2.30. The molecule has 10 heteroatoms. The minimum atomic E-state index is -1.14. The molecule has 3 N–H and O–H groups in total. The number of carbonyl (C=O) groups is 1. The summed E-state index contributed by atoms with van der Waals surface area (Å²) in [5.41, 5.74) is 2.58. The lowest BCUT2D eigenvalue weighted by atomic mass is 10.1. The minimum absolute atomic E-state index is 0.00408. The average molecular weight is 605 g/mol. The van der Waals surface area contributed by atoms with Crippen molar-refractivity contribution in [3.63, 3.8) is 0 Å². The van der Waals surface area contributed by atoms with Crippen LogP contribution in [0, 0.1) is 0 Å². The van der Waals surface area contributed by atoms with Crippen LogP contribution in [0.15, 0.2) is 77.3 Å². The van der Waals surface area contributed by atoms with Crippen molar-refractivity contribution in [2.24, 2.45) is 4.99 Å². The first-order valence-corrected chi connectivity index (χ1v) is 14.4. The number of nitrogens with zero attached hydrogens (tertiary/aromatic N) is 3. The maximum Gasteiger partial charge on any atom is 0.220 e. The van der Waals surface area contributed by atoms with Gasteiger partial charge in [-0.1, -0.05) is 80.4 Å². The van der Waals surface area contributed by atoms with E-state index in [1.54, 1.807) is 74.7 Å². The van der Waals surface area contributed by atoms with Crippen molar-refractivity contribution >= 4 is 35.3 Å². The molecule has 0 aliphatic carbocycles. The number of likely N-dealkylation sites (tertiary alicyclic amines) is 1. The number of nitrogens with one attached hydrogen (secondary N) is 2. The van der Waals surface area contributed by atoms with Crippen LogP contribution >= 0.6 is 23.2 Å². The Labute approximate surface area is 252 Å². The third-order valence-corrected chi connectivity index (χ3v) is 5.22. The molecule has 40 heavy (non-hydrogen) atoms. The van der Waals surface area contributed by atoms with Crippen molar-refractivity contribution in [1.82, 2.24) is 20.4 Å². The molecule has 1 aliphatic heterocycles. The molecule has 1 amide bonds. The smallest absolute Gasteiger partial charge is 0.220 e.